The number of hydrogen-bond donors (Lipinski definition) is 2. The molecule has 1 rings (SSSR count). The summed E-state index contributed by atoms with van der Waals surface area (Å²) >= 11 is 0. The van der Waals surface area contributed by atoms with Gasteiger partial charge >= 0.3 is 0 Å². The lowest BCUT2D eigenvalue weighted by Crippen LogP contribution is -2.07. The number of benzene rings is 1. The molecule has 78 valence electrons. The summed E-state index contributed by atoms with van der Waals surface area (Å²) in [6.45, 7) is 1.99. The summed E-state index contributed by atoms with van der Waals surface area (Å²) in [6, 6.07) is 2.54. The molecule has 0 spiro atoms. The van der Waals surface area contributed by atoms with E-state index < -0.39 is 11.6 Å². The Morgan fingerprint density at radius 2 is 1.86 bits per heavy atom. The normalized spacial score (nSPS) is 10.3. The first-order valence-corrected chi connectivity index (χ1v) is 4.45. The van der Waals surface area contributed by atoms with Crippen LogP contribution in [0.2, 0.25) is 0 Å². The average Bonchev–Trinajstić information content (AvgIpc) is 2.09. The van der Waals surface area contributed by atoms with Crippen molar-refractivity contribution in [2.24, 2.45) is 0 Å². The molecule has 1 aromatic carbocycles. The van der Waals surface area contributed by atoms with E-state index in [0.29, 0.717) is 18.5 Å². The molecule has 1 aromatic rings. The number of aryl methyl sites for hydroxylation is 1. The average molecular weight is 201 g/mol. The van der Waals surface area contributed by atoms with E-state index in [1.807, 2.05) is 0 Å². The standard InChI is InChI=1S/C10H13F2NO/c1-7-5-8(11)10(9(12)6-7)13-3-2-4-14/h5-6,13-14H,2-4H2,1H3. The molecule has 0 bridgehead atoms. The fraction of sp³-hybridized carbons (Fsp3) is 0.400. The molecule has 0 fully saturated rings. The van der Waals surface area contributed by atoms with Crippen molar-refractivity contribution in [1.82, 2.24) is 0 Å². The summed E-state index contributed by atoms with van der Waals surface area (Å²) in [5.41, 5.74) is 0.428. The van der Waals surface area contributed by atoms with Crippen molar-refractivity contribution in [3.8, 4) is 0 Å². The number of anilines is 1. The van der Waals surface area contributed by atoms with Crippen molar-refractivity contribution < 1.29 is 13.9 Å². The summed E-state index contributed by atoms with van der Waals surface area (Å²) in [5, 5.41) is 11.1. The molecule has 4 heteroatoms. The third kappa shape index (κ3) is 2.67. The second kappa shape index (κ2) is 4.91. The van der Waals surface area contributed by atoms with Crippen molar-refractivity contribution in [3.05, 3.63) is 29.3 Å². The second-order valence-corrected chi connectivity index (χ2v) is 3.11. The van der Waals surface area contributed by atoms with E-state index >= 15 is 0 Å². The molecule has 0 amide bonds. The molecule has 0 heterocycles. The largest absolute Gasteiger partial charge is 0.396 e. The molecule has 2 nitrogen and oxygen atoms in total. The summed E-state index contributed by atoms with van der Waals surface area (Å²) in [7, 11) is 0. The first-order chi connectivity index (χ1) is 6.65. The Balaban J connectivity index is 2.75. The van der Waals surface area contributed by atoms with Crippen LogP contribution in [0.15, 0.2) is 12.1 Å². The van der Waals surface area contributed by atoms with Crippen LogP contribution >= 0.6 is 0 Å². The van der Waals surface area contributed by atoms with Gasteiger partial charge in [0.2, 0.25) is 0 Å². The maximum Gasteiger partial charge on any atom is 0.149 e. The molecule has 2 N–H and O–H groups in total. The van der Waals surface area contributed by atoms with E-state index in [-0.39, 0.29) is 12.3 Å². The second-order valence-electron chi connectivity index (χ2n) is 3.11. The first kappa shape index (κ1) is 10.9. The highest BCUT2D eigenvalue weighted by Crippen LogP contribution is 2.20. The molecule has 0 aliphatic carbocycles. The molecule has 0 aliphatic heterocycles. The highest BCUT2D eigenvalue weighted by atomic mass is 19.1. The van der Waals surface area contributed by atoms with Crippen LogP contribution in [0.4, 0.5) is 14.5 Å². The maximum atomic E-state index is 13.2. The lowest BCUT2D eigenvalue weighted by atomic mass is 10.2. The highest BCUT2D eigenvalue weighted by Gasteiger charge is 2.08. The summed E-state index contributed by atoms with van der Waals surface area (Å²) in [5.74, 6) is -1.19. The van der Waals surface area contributed by atoms with Crippen molar-refractivity contribution in [3.63, 3.8) is 0 Å². The van der Waals surface area contributed by atoms with Gasteiger partial charge in [0.15, 0.2) is 0 Å². The first-order valence-electron chi connectivity index (χ1n) is 4.45. The highest BCUT2D eigenvalue weighted by molar-refractivity contribution is 5.47. The molecular weight excluding hydrogens is 188 g/mol. The van der Waals surface area contributed by atoms with Crippen molar-refractivity contribution in [1.29, 1.82) is 0 Å². The van der Waals surface area contributed by atoms with E-state index in [1.54, 1.807) is 6.92 Å². The van der Waals surface area contributed by atoms with Crippen molar-refractivity contribution in [2.75, 3.05) is 18.5 Å². The summed E-state index contributed by atoms with van der Waals surface area (Å²) < 4.78 is 26.3. The van der Waals surface area contributed by atoms with E-state index in [0.717, 1.165) is 0 Å². The fourth-order valence-electron chi connectivity index (χ4n) is 1.16. The predicted octanol–water partition coefficient (Wildman–Crippen LogP) is 2.07. The van der Waals surface area contributed by atoms with Crippen LogP contribution < -0.4 is 5.32 Å². The zero-order valence-electron chi connectivity index (χ0n) is 7.98. The fourth-order valence-corrected chi connectivity index (χ4v) is 1.16. The number of rotatable bonds is 4. The van der Waals surface area contributed by atoms with Crippen LogP contribution in [-0.2, 0) is 0 Å². The Labute approximate surface area is 81.6 Å². The molecule has 14 heavy (non-hydrogen) atoms. The van der Waals surface area contributed by atoms with Crippen molar-refractivity contribution >= 4 is 5.69 Å². The molecule has 0 aromatic heterocycles. The van der Waals surface area contributed by atoms with E-state index in [9.17, 15) is 8.78 Å². The minimum absolute atomic E-state index is 0.00208. The summed E-state index contributed by atoms with van der Waals surface area (Å²) in [6.07, 6.45) is 0.465. The van der Waals surface area contributed by atoms with Crippen LogP contribution in [0.1, 0.15) is 12.0 Å². The number of aliphatic hydroxyl groups is 1. The lowest BCUT2D eigenvalue weighted by Gasteiger charge is -2.08. The Bertz CT molecular complexity index is 292. The van der Waals surface area contributed by atoms with Gasteiger partial charge in [0.1, 0.15) is 17.3 Å². The van der Waals surface area contributed by atoms with Gasteiger partial charge in [-0.15, -0.1) is 0 Å². The van der Waals surface area contributed by atoms with Gasteiger partial charge in [-0.05, 0) is 31.0 Å². The topological polar surface area (TPSA) is 32.3 Å². The van der Waals surface area contributed by atoms with Crippen LogP contribution in [0.5, 0.6) is 0 Å². The van der Waals surface area contributed by atoms with Gasteiger partial charge in [0.25, 0.3) is 0 Å². The maximum absolute atomic E-state index is 13.2. The van der Waals surface area contributed by atoms with Crippen LogP contribution in [0.3, 0.4) is 0 Å². The van der Waals surface area contributed by atoms with Gasteiger partial charge in [0, 0.05) is 13.2 Å². The van der Waals surface area contributed by atoms with E-state index in [2.05, 4.69) is 5.32 Å². The lowest BCUT2D eigenvalue weighted by molar-refractivity contribution is 0.292. The zero-order chi connectivity index (χ0) is 10.6. The monoisotopic (exact) mass is 201 g/mol. The van der Waals surface area contributed by atoms with E-state index in [1.165, 1.54) is 12.1 Å². The number of aliphatic hydroxyl groups excluding tert-OH is 1. The number of nitrogens with one attached hydrogen (secondary N) is 1. The Morgan fingerprint density at radius 3 is 2.36 bits per heavy atom. The number of halogens is 2. The van der Waals surface area contributed by atoms with Gasteiger partial charge in [-0.2, -0.15) is 0 Å². The zero-order valence-corrected chi connectivity index (χ0v) is 7.98. The predicted molar refractivity (Wildman–Crippen MR) is 51.3 cm³/mol. The third-order valence-electron chi connectivity index (χ3n) is 1.82. The molecule has 0 unspecified atom stereocenters. The molecule has 0 saturated carbocycles. The summed E-state index contributed by atoms with van der Waals surface area (Å²) in [4.78, 5) is 0. The Morgan fingerprint density at radius 1 is 1.29 bits per heavy atom. The van der Waals surface area contributed by atoms with Crippen LogP contribution in [0, 0.1) is 18.6 Å². The SMILES string of the molecule is Cc1cc(F)c(NCCCO)c(F)c1. The van der Waals surface area contributed by atoms with Gasteiger partial charge in [-0.3, -0.25) is 0 Å². The van der Waals surface area contributed by atoms with Crippen molar-refractivity contribution in [2.45, 2.75) is 13.3 Å². The van der Waals surface area contributed by atoms with E-state index in [4.69, 9.17) is 5.11 Å². The Kier molecular flexibility index (Phi) is 3.83. The third-order valence-corrected chi connectivity index (χ3v) is 1.82. The molecular formula is C10H13F2NO. The van der Waals surface area contributed by atoms with Gasteiger partial charge < -0.3 is 10.4 Å². The minimum atomic E-state index is -0.597. The smallest absolute Gasteiger partial charge is 0.149 e. The molecule has 0 radical (unpaired) electrons. The van der Waals surface area contributed by atoms with Gasteiger partial charge in [-0.25, -0.2) is 8.78 Å². The number of hydrogen-bond acceptors (Lipinski definition) is 2. The molecule has 0 aliphatic rings. The van der Waals surface area contributed by atoms with Crippen LogP contribution in [-0.4, -0.2) is 18.3 Å². The van der Waals surface area contributed by atoms with Gasteiger partial charge in [0.05, 0.1) is 0 Å². The van der Waals surface area contributed by atoms with Crippen LogP contribution in [0.25, 0.3) is 0 Å². The molecule has 0 saturated heterocycles. The molecule has 0 atom stereocenters. The quantitative estimate of drug-likeness (QED) is 0.731. The van der Waals surface area contributed by atoms with Gasteiger partial charge in [-0.1, -0.05) is 0 Å². The minimum Gasteiger partial charge on any atom is -0.396 e. The Hall–Kier alpha value is -1.16.